The molecule has 3 atom stereocenters. The van der Waals surface area contributed by atoms with Crippen molar-refractivity contribution in [2.45, 2.75) is 63.3 Å². The summed E-state index contributed by atoms with van der Waals surface area (Å²) in [5.41, 5.74) is 17.6. The van der Waals surface area contributed by atoms with E-state index in [2.05, 4.69) is 113 Å². The van der Waals surface area contributed by atoms with Crippen LogP contribution in [0.5, 0.6) is 11.5 Å². The number of amidine groups is 3. The molecule has 9 rings (SSSR count). The van der Waals surface area contributed by atoms with Crippen LogP contribution in [0.25, 0.3) is 5.57 Å². The fraction of sp³-hybridized carbons (Fsp3) is 0.213. The predicted molar refractivity (Wildman–Crippen MR) is 225 cm³/mol. The Bertz CT molecular complexity index is 2360. The van der Waals surface area contributed by atoms with E-state index in [-0.39, 0.29) is 18.4 Å². The number of hydrazone groups is 1. The Hall–Kier alpha value is -6.45. The van der Waals surface area contributed by atoms with E-state index in [1.807, 2.05) is 42.5 Å². The zero-order valence-corrected chi connectivity index (χ0v) is 31.2. The summed E-state index contributed by atoms with van der Waals surface area (Å²) < 4.78 is 12.6. The highest BCUT2D eigenvalue weighted by Gasteiger charge is 2.28. The molecule has 0 radical (unpaired) electrons. The van der Waals surface area contributed by atoms with Gasteiger partial charge in [0.1, 0.15) is 29.8 Å². The zero-order valence-electron chi connectivity index (χ0n) is 31.2. The van der Waals surface area contributed by atoms with E-state index in [9.17, 15) is 0 Å². The smallest absolute Gasteiger partial charge is 0.180 e. The highest BCUT2D eigenvalue weighted by atomic mass is 16.6. The number of para-hydroxylation sites is 1. The van der Waals surface area contributed by atoms with Gasteiger partial charge in [0.2, 0.25) is 0 Å². The van der Waals surface area contributed by atoms with Gasteiger partial charge in [0.05, 0.1) is 11.6 Å². The molecule has 3 aromatic rings. The molecule has 5 N–H and O–H groups in total. The van der Waals surface area contributed by atoms with Gasteiger partial charge in [-0.1, -0.05) is 115 Å². The van der Waals surface area contributed by atoms with E-state index < -0.39 is 0 Å². The Balaban J connectivity index is 1.00. The third kappa shape index (κ3) is 7.72. The van der Waals surface area contributed by atoms with Gasteiger partial charge in [0.25, 0.3) is 0 Å². The second kappa shape index (κ2) is 16.1. The van der Waals surface area contributed by atoms with Crippen LogP contribution in [0.2, 0.25) is 0 Å². The standard InChI is InChI=1S/C47H45N7O2/c48-43(38-22-13-25-41-42(38)56-40-24-11-10-23-39(40)55-41)49-47(54-53-37-20-8-3-9-21-37)34-28-26-31(27-29-34)35-18-12-19-36(30-35)46-51-44(32-14-4-1-5-15-32)50-45(52-46)33-16-6-2-7-17-33/h1,3-6,8-10,12-20,22-23,25-26,28,30,37,45-46,52-53H,2,7,11,21,24,27,29H2,(H,50,51)(H2,48,49,54). The summed E-state index contributed by atoms with van der Waals surface area (Å²) in [6.07, 6.45) is 29.4. The SMILES string of the molecule is NC(=NC(=NNC1C=CC=CC1)C1=CC=C(c2cccc(C3N=C(c4ccccc4)NC(C4=CCCC=C4)N3)c2)CC1)c1cccc2c1OC1=C(C=CCC1)O2. The van der Waals surface area contributed by atoms with E-state index in [0.717, 1.165) is 79.0 Å². The fourth-order valence-electron chi connectivity index (χ4n) is 7.59. The Morgan fingerprint density at radius 2 is 1.73 bits per heavy atom. The molecule has 0 saturated heterocycles. The van der Waals surface area contributed by atoms with E-state index >= 15 is 0 Å². The number of nitrogens with zero attached hydrogens (tertiary/aromatic N) is 3. The monoisotopic (exact) mass is 739 g/mol. The first-order valence-electron chi connectivity index (χ1n) is 19.6. The van der Waals surface area contributed by atoms with Crippen molar-refractivity contribution in [3.05, 3.63) is 185 Å². The molecule has 2 heterocycles. The molecule has 9 heteroatoms. The molecule has 6 aliphatic rings. The normalized spacial score (nSPS) is 23.0. The Morgan fingerprint density at radius 3 is 2.57 bits per heavy atom. The highest BCUT2D eigenvalue weighted by molar-refractivity contribution is 6.12. The fourth-order valence-corrected chi connectivity index (χ4v) is 7.59. The van der Waals surface area contributed by atoms with Crippen molar-refractivity contribution in [1.82, 2.24) is 16.1 Å². The average Bonchev–Trinajstić information content (AvgIpc) is 3.27. The second-order valence-electron chi connectivity index (χ2n) is 14.5. The molecule has 0 amide bonds. The van der Waals surface area contributed by atoms with Crippen molar-refractivity contribution in [3.63, 3.8) is 0 Å². The minimum atomic E-state index is -0.218. The summed E-state index contributed by atoms with van der Waals surface area (Å²) in [6.45, 7) is 0. The Labute approximate surface area is 327 Å². The summed E-state index contributed by atoms with van der Waals surface area (Å²) in [5, 5.41) is 12.3. The van der Waals surface area contributed by atoms with Crippen molar-refractivity contribution in [3.8, 4) is 11.5 Å². The number of nitrogens with two attached hydrogens (primary N) is 1. The summed E-state index contributed by atoms with van der Waals surface area (Å²) in [5.74, 6) is 4.49. The van der Waals surface area contributed by atoms with Gasteiger partial charge in [-0.15, -0.1) is 0 Å². The number of hydrogen-bond acceptors (Lipinski definition) is 7. The summed E-state index contributed by atoms with van der Waals surface area (Å²) in [6, 6.07) is 24.9. The first-order valence-corrected chi connectivity index (χ1v) is 19.6. The minimum absolute atomic E-state index is 0.0498. The van der Waals surface area contributed by atoms with Crippen LogP contribution < -0.4 is 31.3 Å². The van der Waals surface area contributed by atoms with Gasteiger partial charge in [-0.25, -0.2) is 9.98 Å². The van der Waals surface area contributed by atoms with Gasteiger partial charge >= 0.3 is 0 Å². The van der Waals surface area contributed by atoms with Crippen LogP contribution in [0.4, 0.5) is 0 Å². The van der Waals surface area contributed by atoms with Crippen LogP contribution in [0, 0.1) is 0 Å². The lowest BCUT2D eigenvalue weighted by molar-refractivity contribution is 0.289. The summed E-state index contributed by atoms with van der Waals surface area (Å²) >= 11 is 0. The van der Waals surface area contributed by atoms with Crippen molar-refractivity contribution in [1.29, 1.82) is 0 Å². The number of fused-ring (bicyclic) bond motifs is 1. The number of allylic oxidation sites excluding steroid dienone is 10. The van der Waals surface area contributed by atoms with Gasteiger partial charge in [0.15, 0.2) is 23.1 Å². The zero-order chi connectivity index (χ0) is 37.7. The van der Waals surface area contributed by atoms with E-state index in [1.165, 1.54) is 16.7 Å². The summed E-state index contributed by atoms with van der Waals surface area (Å²) in [7, 11) is 0. The molecule has 0 spiro atoms. The van der Waals surface area contributed by atoms with Gasteiger partial charge in [-0.2, -0.15) is 5.10 Å². The molecule has 4 aliphatic carbocycles. The van der Waals surface area contributed by atoms with Gasteiger partial charge in [-0.3, -0.25) is 5.32 Å². The van der Waals surface area contributed by atoms with Crippen LogP contribution in [-0.2, 0) is 0 Å². The molecule has 3 aromatic carbocycles. The lowest BCUT2D eigenvalue weighted by atomic mass is 9.91. The quantitative estimate of drug-likeness (QED) is 0.105. The maximum Gasteiger partial charge on any atom is 0.180 e. The van der Waals surface area contributed by atoms with E-state index in [1.54, 1.807) is 0 Å². The van der Waals surface area contributed by atoms with Crippen LogP contribution in [0.15, 0.2) is 177 Å². The molecule has 0 aromatic heterocycles. The van der Waals surface area contributed by atoms with E-state index in [4.69, 9.17) is 30.3 Å². The average molecular weight is 740 g/mol. The first-order chi connectivity index (χ1) is 27.6. The molecule has 0 saturated carbocycles. The lowest BCUT2D eigenvalue weighted by Crippen LogP contribution is -2.52. The lowest BCUT2D eigenvalue weighted by Gasteiger charge is -2.33. The number of aliphatic imine (C=N–C) groups is 2. The third-order valence-electron chi connectivity index (χ3n) is 10.6. The maximum absolute atomic E-state index is 6.79. The second-order valence-corrected chi connectivity index (χ2v) is 14.5. The molecule has 0 fully saturated rings. The molecule has 280 valence electrons. The first kappa shape index (κ1) is 35.3. The highest BCUT2D eigenvalue weighted by Crippen LogP contribution is 2.41. The van der Waals surface area contributed by atoms with Gasteiger partial charge in [-0.05, 0) is 90.6 Å². The molecule has 2 aliphatic heterocycles. The van der Waals surface area contributed by atoms with Crippen molar-refractivity contribution in [2.75, 3.05) is 0 Å². The van der Waals surface area contributed by atoms with Crippen molar-refractivity contribution >= 4 is 23.1 Å². The molecular weight excluding hydrogens is 695 g/mol. The Morgan fingerprint density at radius 1 is 0.839 bits per heavy atom. The van der Waals surface area contributed by atoms with Crippen molar-refractivity contribution in [2.24, 2.45) is 20.8 Å². The van der Waals surface area contributed by atoms with Crippen LogP contribution >= 0.6 is 0 Å². The van der Waals surface area contributed by atoms with Crippen molar-refractivity contribution < 1.29 is 9.47 Å². The van der Waals surface area contributed by atoms with Gasteiger partial charge < -0.3 is 25.9 Å². The Kier molecular flexibility index (Phi) is 10.1. The topological polar surface area (TPSA) is 118 Å². The van der Waals surface area contributed by atoms with Crippen LogP contribution in [-0.4, -0.2) is 29.7 Å². The maximum atomic E-state index is 6.79. The predicted octanol–water partition coefficient (Wildman–Crippen LogP) is 8.56. The summed E-state index contributed by atoms with van der Waals surface area (Å²) in [4.78, 5) is 10.1. The van der Waals surface area contributed by atoms with Crippen LogP contribution in [0.3, 0.4) is 0 Å². The van der Waals surface area contributed by atoms with E-state index in [0.29, 0.717) is 28.7 Å². The molecule has 3 unspecified atom stereocenters. The number of nitrogens with one attached hydrogen (secondary N) is 3. The van der Waals surface area contributed by atoms with Gasteiger partial charge in [0, 0.05) is 12.0 Å². The molecular formula is C47H45N7O2. The molecule has 9 nitrogen and oxygen atoms in total. The van der Waals surface area contributed by atoms with Crippen LogP contribution in [0.1, 0.15) is 73.4 Å². The minimum Gasteiger partial charge on any atom is -0.453 e. The molecule has 0 bridgehead atoms. The number of rotatable bonds is 8. The molecule has 56 heavy (non-hydrogen) atoms. The number of ether oxygens (including phenoxy) is 2. The number of benzene rings is 3. The largest absolute Gasteiger partial charge is 0.453 e. The number of hydrogen-bond donors (Lipinski definition) is 4. The third-order valence-corrected chi connectivity index (χ3v) is 10.6.